The number of hydrogen-bond donors (Lipinski definition) is 3. The van der Waals surface area contributed by atoms with Crippen molar-refractivity contribution in [2.45, 2.75) is 108 Å². The Morgan fingerprint density at radius 3 is 2.52 bits per heavy atom. The molecular formula is C37H50F2N4O7S2. The average molecular weight is 765 g/mol. The second-order valence-corrected chi connectivity index (χ2v) is 18.4. The van der Waals surface area contributed by atoms with E-state index >= 15 is 0 Å². The molecule has 15 heteroatoms. The molecule has 0 unspecified atom stereocenters. The Balaban J connectivity index is 1.23. The minimum atomic E-state index is -4.13. The average Bonchev–Trinajstić information content (AvgIpc) is 3.61. The topological polar surface area (TPSA) is 139 Å². The number of aliphatic hydroxyl groups is 1. The number of nitrogens with one attached hydrogen (secondary N) is 2. The van der Waals surface area contributed by atoms with E-state index in [0.29, 0.717) is 29.3 Å². The zero-order valence-corrected chi connectivity index (χ0v) is 31.9. The van der Waals surface area contributed by atoms with Crippen molar-refractivity contribution in [1.29, 1.82) is 0 Å². The van der Waals surface area contributed by atoms with Crippen LogP contribution in [0.5, 0.6) is 0 Å². The number of thiazole rings is 1. The minimum absolute atomic E-state index is 0.0566. The Hall–Kier alpha value is -2.79. The van der Waals surface area contributed by atoms with Gasteiger partial charge in [-0.1, -0.05) is 39.0 Å². The highest BCUT2D eigenvalue weighted by Crippen LogP contribution is 2.40. The zero-order chi connectivity index (χ0) is 37.4. The van der Waals surface area contributed by atoms with Gasteiger partial charge in [-0.25, -0.2) is 22.2 Å². The number of fused-ring (bicyclic) bond motifs is 2. The second-order valence-electron chi connectivity index (χ2n) is 15.4. The van der Waals surface area contributed by atoms with E-state index in [1.807, 2.05) is 27.7 Å². The summed E-state index contributed by atoms with van der Waals surface area (Å²) < 4.78 is 76.7. The molecule has 0 amide bonds. The lowest BCUT2D eigenvalue weighted by Gasteiger charge is -2.45. The molecule has 0 radical (unpaired) electrons. The van der Waals surface area contributed by atoms with E-state index in [1.165, 1.54) is 21.7 Å². The van der Waals surface area contributed by atoms with Crippen LogP contribution < -0.4 is 10.6 Å². The number of anilines is 1. The van der Waals surface area contributed by atoms with Gasteiger partial charge in [0.2, 0.25) is 10.0 Å². The Morgan fingerprint density at radius 1 is 1.12 bits per heavy atom. The van der Waals surface area contributed by atoms with Gasteiger partial charge >= 0.3 is 5.97 Å². The van der Waals surface area contributed by atoms with Crippen LogP contribution in [0, 0.1) is 29.4 Å². The van der Waals surface area contributed by atoms with Gasteiger partial charge in [0.15, 0.2) is 11.4 Å². The normalized spacial score (nSPS) is 24.8. The van der Waals surface area contributed by atoms with Crippen LogP contribution in [-0.4, -0.2) is 91.2 Å². The number of esters is 1. The SMILES string of the molecule is CC(C)CN(C[C@@H](O)[C@@H](CC(=O)O[C@@H]1CO[C@@H]2OCC[C@](C)(NC(C)C)[C@@H]21)Cc1cc(F)cc(F)c1)S(=O)(=O)c1ccc2nc(NC3CC3)sc2c1. The summed E-state index contributed by atoms with van der Waals surface area (Å²) in [5.74, 6) is -3.58. The van der Waals surface area contributed by atoms with Gasteiger partial charge in [0.05, 0.1) is 46.8 Å². The summed E-state index contributed by atoms with van der Waals surface area (Å²) in [5.41, 5.74) is 0.472. The number of rotatable bonds is 16. The third-order valence-electron chi connectivity index (χ3n) is 9.91. The molecule has 2 aliphatic heterocycles. The smallest absolute Gasteiger partial charge is 0.306 e. The molecule has 286 valence electrons. The molecule has 3 heterocycles. The first-order valence-electron chi connectivity index (χ1n) is 18.1. The van der Waals surface area contributed by atoms with Crippen molar-refractivity contribution in [3.05, 3.63) is 53.6 Å². The molecule has 52 heavy (non-hydrogen) atoms. The first-order chi connectivity index (χ1) is 24.6. The largest absolute Gasteiger partial charge is 0.459 e. The standard InChI is InChI=1S/C37H50F2N4O7S2/c1-21(2)18-43(52(46,47)28-8-9-29-32(17-28)51-36(41-29)40-27-6-7-27)19-30(44)24(12-23-13-25(38)16-26(39)14-23)15-33(45)50-31-20-49-35-34(31)37(5,10-11-48-35)42-22(3)4/h8-9,13-14,16-17,21-22,24,27,30-31,34-35,42,44H,6-7,10-12,15,18-20H2,1-5H3,(H,40,41)/t24-,30-,31-,34-,35+,37+/m1/s1. The van der Waals surface area contributed by atoms with Gasteiger partial charge in [-0.15, -0.1) is 0 Å². The van der Waals surface area contributed by atoms with Gasteiger partial charge in [0, 0.05) is 42.7 Å². The van der Waals surface area contributed by atoms with E-state index < -0.39 is 57.6 Å². The zero-order valence-electron chi connectivity index (χ0n) is 30.3. The number of aromatic nitrogens is 1. The van der Waals surface area contributed by atoms with Gasteiger partial charge in [0.25, 0.3) is 0 Å². The summed E-state index contributed by atoms with van der Waals surface area (Å²) >= 11 is 1.38. The van der Waals surface area contributed by atoms with Crippen molar-refractivity contribution >= 4 is 42.7 Å². The molecule has 1 aliphatic carbocycles. The van der Waals surface area contributed by atoms with Crippen molar-refractivity contribution in [1.82, 2.24) is 14.6 Å². The fourth-order valence-corrected chi connectivity index (χ4v) is 10.1. The predicted octanol–water partition coefficient (Wildman–Crippen LogP) is 5.47. The predicted molar refractivity (Wildman–Crippen MR) is 194 cm³/mol. The highest BCUT2D eigenvalue weighted by molar-refractivity contribution is 7.89. The first-order valence-corrected chi connectivity index (χ1v) is 20.4. The van der Waals surface area contributed by atoms with E-state index in [0.717, 1.165) is 36.2 Å². The van der Waals surface area contributed by atoms with Crippen molar-refractivity contribution in [2.75, 3.05) is 31.6 Å². The second kappa shape index (κ2) is 15.9. The fourth-order valence-electron chi connectivity index (χ4n) is 7.44. The molecule has 1 saturated carbocycles. The van der Waals surface area contributed by atoms with E-state index in [4.69, 9.17) is 14.2 Å². The third kappa shape index (κ3) is 9.28. The van der Waals surface area contributed by atoms with Crippen molar-refractivity contribution in [3.63, 3.8) is 0 Å². The molecule has 11 nitrogen and oxygen atoms in total. The van der Waals surface area contributed by atoms with Gasteiger partial charge < -0.3 is 30.0 Å². The van der Waals surface area contributed by atoms with Crippen LogP contribution in [0.1, 0.15) is 65.9 Å². The number of aliphatic hydroxyl groups excluding tert-OH is 1. The monoisotopic (exact) mass is 764 g/mol. The Bertz CT molecular complexity index is 1820. The van der Waals surface area contributed by atoms with Crippen LogP contribution in [0.2, 0.25) is 0 Å². The Kier molecular flexibility index (Phi) is 11.9. The maximum Gasteiger partial charge on any atom is 0.306 e. The molecule has 1 aromatic heterocycles. The lowest BCUT2D eigenvalue weighted by molar-refractivity contribution is -0.181. The molecule has 6 rings (SSSR count). The van der Waals surface area contributed by atoms with E-state index in [2.05, 4.69) is 22.5 Å². The fraction of sp³-hybridized carbons (Fsp3) is 0.622. The molecule has 0 spiro atoms. The number of benzene rings is 2. The van der Waals surface area contributed by atoms with Crippen LogP contribution in [0.15, 0.2) is 41.3 Å². The van der Waals surface area contributed by atoms with Crippen molar-refractivity contribution in [2.24, 2.45) is 17.8 Å². The molecular weight excluding hydrogens is 715 g/mol. The van der Waals surface area contributed by atoms with Crippen LogP contribution in [-0.2, 0) is 35.4 Å². The van der Waals surface area contributed by atoms with Gasteiger partial charge in [-0.2, -0.15) is 4.31 Å². The number of sulfonamides is 1. The van der Waals surface area contributed by atoms with Crippen molar-refractivity contribution < 1.29 is 41.3 Å². The molecule has 3 N–H and O–H groups in total. The molecule has 2 aromatic carbocycles. The van der Waals surface area contributed by atoms with E-state index in [9.17, 15) is 27.1 Å². The summed E-state index contributed by atoms with van der Waals surface area (Å²) in [4.78, 5) is 18.3. The first kappa shape index (κ1) is 38.9. The molecule has 6 atom stereocenters. The van der Waals surface area contributed by atoms with Gasteiger partial charge in [0.1, 0.15) is 17.7 Å². The number of nitrogens with zero attached hydrogens (tertiary/aromatic N) is 2. The number of ether oxygens (including phenoxy) is 3. The van der Waals surface area contributed by atoms with E-state index in [1.54, 1.807) is 12.1 Å². The van der Waals surface area contributed by atoms with Crippen molar-refractivity contribution in [3.8, 4) is 0 Å². The molecule has 3 fully saturated rings. The Morgan fingerprint density at radius 2 is 1.85 bits per heavy atom. The number of halogens is 2. The van der Waals surface area contributed by atoms with Crippen LogP contribution >= 0.6 is 11.3 Å². The van der Waals surface area contributed by atoms with Gasteiger partial charge in [-0.3, -0.25) is 4.79 Å². The lowest BCUT2D eigenvalue weighted by atomic mass is 9.78. The quantitative estimate of drug-likeness (QED) is 0.161. The summed E-state index contributed by atoms with van der Waals surface area (Å²) in [6, 6.07) is 8.37. The highest BCUT2D eigenvalue weighted by Gasteiger charge is 2.53. The maximum atomic E-state index is 14.3. The molecule has 2 saturated heterocycles. The number of carbonyl (C=O) groups is 1. The third-order valence-corrected chi connectivity index (χ3v) is 12.7. The maximum absolute atomic E-state index is 14.3. The Labute approximate surface area is 308 Å². The van der Waals surface area contributed by atoms with Crippen LogP contribution in [0.3, 0.4) is 0 Å². The van der Waals surface area contributed by atoms with Crippen LogP contribution in [0.25, 0.3) is 10.2 Å². The summed E-state index contributed by atoms with van der Waals surface area (Å²) in [5, 5.41) is 19.5. The summed E-state index contributed by atoms with van der Waals surface area (Å²) in [6.45, 7) is 10.2. The number of hydrogen-bond acceptors (Lipinski definition) is 11. The van der Waals surface area contributed by atoms with E-state index in [-0.39, 0.29) is 60.9 Å². The molecule has 3 aromatic rings. The summed E-state index contributed by atoms with van der Waals surface area (Å²) in [6.07, 6.45) is -0.187. The molecule has 3 aliphatic rings. The highest BCUT2D eigenvalue weighted by atomic mass is 32.2. The lowest BCUT2D eigenvalue weighted by Crippen LogP contribution is -2.60. The van der Waals surface area contributed by atoms with Gasteiger partial charge in [-0.05, 0) is 74.4 Å². The summed E-state index contributed by atoms with van der Waals surface area (Å²) in [7, 11) is -4.13. The minimum Gasteiger partial charge on any atom is -0.459 e. The number of carbonyl (C=O) groups excluding carboxylic acids is 1. The molecule has 0 bridgehead atoms. The van der Waals surface area contributed by atoms with Crippen LogP contribution in [0.4, 0.5) is 13.9 Å².